The molecule has 138 valence electrons. The Balaban J connectivity index is 0.00000225. The third kappa shape index (κ3) is 6.05. The van der Waals surface area contributed by atoms with Crippen LogP contribution in [0, 0.1) is 0 Å². The van der Waals surface area contributed by atoms with Gasteiger partial charge in [-0.3, -0.25) is 4.79 Å². The van der Waals surface area contributed by atoms with E-state index in [9.17, 15) is 4.79 Å². The Morgan fingerprint density at radius 1 is 1.16 bits per heavy atom. The predicted molar refractivity (Wildman–Crippen MR) is 113 cm³/mol. The number of nitrogens with zero attached hydrogens (tertiary/aromatic N) is 3. The van der Waals surface area contributed by atoms with Crippen molar-refractivity contribution in [2.24, 2.45) is 4.99 Å². The van der Waals surface area contributed by atoms with Crippen LogP contribution in [-0.2, 0) is 4.79 Å². The highest BCUT2D eigenvalue weighted by molar-refractivity contribution is 14.0. The van der Waals surface area contributed by atoms with E-state index in [0.717, 1.165) is 38.7 Å². The predicted octanol–water partition coefficient (Wildman–Crippen LogP) is 1.67. The number of amides is 1. The van der Waals surface area contributed by atoms with E-state index in [2.05, 4.69) is 44.8 Å². The summed E-state index contributed by atoms with van der Waals surface area (Å²) in [5.41, 5.74) is 1.23. The Labute approximate surface area is 167 Å². The maximum Gasteiger partial charge on any atom is 0.244 e. The van der Waals surface area contributed by atoms with Crippen molar-refractivity contribution in [1.29, 1.82) is 0 Å². The number of rotatable bonds is 5. The molecule has 1 saturated heterocycles. The number of para-hydroxylation sites is 1. The van der Waals surface area contributed by atoms with Crippen LogP contribution in [0.25, 0.3) is 0 Å². The standard InChI is InChI=1S/C18H27N5O.HI/c1-2-19-18(21-15-8-9-15)20-14-17(24)23-12-10-22(11-13-23)16-6-4-3-5-7-16;/h3-7,15H,2,8-14H2,1H3,(H2,19,20,21);1H. The molecule has 1 aromatic rings. The van der Waals surface area contributed by atoms with Gasteiger partial charge in [0.2, 0.25) is 5.91 Å². The number of carbonyl (C=O) groups excluding carboxylic acids is 1. The third-order valence-corrected chi connectivity index (χ3v) is 4.39. The molecule has 0 radical (unpaired) electrons. The molecule has 0 aromatic heterocycles. The normalized spacial score (nSPS) is 17.7. The first-order chi connectivity index (χ1) is 11.8. The fourth-order valence-electron chi connectivity index (χ4n) is 2.84. The van der Waals surface area contributed by atoms with Crippen molar-refractivity contribution in [1.82, 2.24) is 15.5 Å². The van der Waals surface area contributed by atoms with Crippen molar-refractivity contribution in [2.45, 2.75) is 25.8 Å². The molecule has 1 amide bonds. The van der Waals surface area contributed by atoms with E-state index in [1.165, 1.54) is 18.5 Å². The van der Waals surface area contributed by atoms with Gasteiger partial charge >= 0.3 is 0 Å². The Morgan fingerprint density at radius 2 is 1.84 bits per heavy atom. The zero-order chi connectivity index (χ0) is 16.8. The highest BCUT2D eigenvalue weighted by Gasteiger charge is 2.23. The lowest BCUT2D eigenvalue weighted by molar-refractivity contribution is -0.129. The average Bonchev–Trinajstić information content (AvgIpc) is 3.44. The SMILES string of the molecule is CCNC(=NCC(=O)N1CCN(c2ccccc2)CC1)NC1CC1.I. The number of piperazine rings is 1. The molecule has 25 heavy (non-hydrogen) atoms. The Morgan fingerprint density at radius 3 is 2.44 bits per heavy atom. The van der Waals surface area contributed by atoms with Crippen molar-refractivity contribution < 1.29 is 4.79 Å². The summed E-state index contributed by atoms with van der Waals surface area (Å²) < 4.78 is 0. The highest BCUT2D eigenvalue weighted by Crippen LogP contribution is 2.18. The highest BCUT2D eigenvalue weighted by atomic mass is 127. The molecule has 6 nitrogen and oxygen atoms in total. The van der Waals surface area contributed by atoms with Crippen molar-refractivity contribution >= 4 is 41.5 Å². The number of carbonyl (C=O) groups is 1. The van der Waals surface area contributed by atoms with Crippen LogP contribution >= 0.6 is 24.0 Å². The monoisotopic (exact) mass is 457 g/mol. The second-order valence-electron chi connectivity index (χ2n) is 6.32. The summed E-state index contributed by atoms with van der Waals surface area (Å²) in [6.07, 6.45) is 2.39. The largest absolute Gasteiger partial charge is 0.368 e. The number of anilines is 1. The minimum absolute atomic E-state index is 0. The number of guanidine groups is 1. The Kier molecular flexibility index (Phi) is 7.80. The van der Waals surface area contributed by atoms with Crippen LogP contribution in [0.3, 0.4) is 0 Å². The summed E-state index contributed by atoms with van der Waals surface area (Å²) in [5.74, 6) is 0.868. The van der Waals surface area contributed by atoms with Crippen LogP contribution in [0.15, 0.2) is 35.3 Å². The fraction of sp³-hybridized carbons (Fsp3) is 0.556. The maximum atomic E-state index is 12.4. The molecule has 0 unspecified atom stereocenters. The first kappa shape index (κ1) is 19.8. The molecule has 2 N–H and O–H groups in total. The lowest BCUT2D eigenvalue weighted by Gasteiger charge is -2.36. The molecule has 1 aromatic carbocycles. The summed E-state index contributed by atoms with van der Waals surface area (Å²) in [5, 5.41) is 6.54. The van der Waals surface area contributed by atoms with Crippen molar-refractivity contribution in [3.63, 3.8) is 0 Å². The molecule has 0 atom stereocenters. The number of nitrogens with one attached hydrogen (secondary N) is 2. The minimum Gasteiger partial charge on any atom is -0.368 e. The van der Waals surface area contributed by atoms with Gasteiger partial charge < -0.3 is 20.4 Å². The Hall–Kier alpha value is -1.51. The molecule has 1 aliphatic heterocycles. The van der Waals surface area contributed by atoms with Gasteiger partial charge in [0.15, 0.2) is 5.96 Å². The first-order valence-electron chi connectivity index (χ1n) is 8.89. The molecule has 1 saturated carbocycles. The van der Waals surface area contributed by atoms with Gasteiger partial charge in [-0.1, -0.05) is 18.2 Å². The van der Waals surface area contributed by atoms with E-state index in [4.69, 9.17) is 0 Å². The van der Waals surface area contributed by atoms with E-state index in [1.54, 1.807) is 0 Å². The summed E-state index contributed by atoms with van der Waals surface area (Å²) in [6, 6.07) is 10.9. The molecular formula is C18H28IN5O. The summed E-state index contributed by atoms with van der Waals surface area (Å²) in [4.78, 5) is 21.1. The van der Waals surface area contributed by atoms with Gasteiger partial charge in [-0.2, -0.15) is 0 Å². The van der Waals surface area contributed by atoms with Crippen LogP contribution in [0.1, 0.15) is 19.8 Å². The van der Waals surface area contributed by atoms with Gasteiger partial charge in [0, 0.05) is 44.5 Å². The lowest BCUT2D eigenvalue weighted by Crippen LogP contribution is -2.49. The molecule has 0 spiro atoms. The maximum absolute atomic E-state index is 12.4. The van der Waals surface area contributed by atoms with Gasteiger partial charge in [0.1, 0.15) is 6.54 Å². The summed E-state index contributed by atoms with van der Waals surface area (Å²) >= 11 is 0. The molecule has 2 aliphatic rings. The van der Waals surface area contributed by atoms with E-state index in [0.29, 0.717) is 6.04 Å². The van der Waals surface area contributed by atoms with E-state index in [-0.39, 0.29) is 36.4 Å². The fourth-order valence-corrected chi connectivity index (χ4v) is 2.84. The van der Waals surface area contributed by atoms with Gasteiger partial charge in [-0.25, -0.2) is 4.99 Å². The topological polar surface area (TPSA) is 60.0 Å². The number of hydrogen-bond acceptors (Lipinski definition) is 3. The first-order valence-corrected chi connectivity index (χ1v) is 8.89. The molecule has 2 fully saturated rings. The molecule has 0 bridgehead atoms. The summed E-state index contributed by atoms with van der Waals surface area (Å²) in [7, 11) is 0. The van der Waals surface area contributed by atoms with Crippen LogP contribution in [0.4, 0.5) is 5.69 Å². The van der Waals surface area contributed by atoms with Gasteiger partial charge in [0.25, 0.3) is 0 Å². The molecular weight excluding hydrogens is 429 g/mol. The van der Waals surface area contributed by atoms with Gasteiger partial charge in [-0.05, 0) is 31.9 Å². The second kappa shape index (κ2) is 9.84. The van der Waals surface area contributed by atoms with Crippen molar-refractivity contribution in [3.8, 4) is 0 Å². The quantitative estimate of drug-likeness (QED) is 0.402. The van der Waals surface area contributed by atoms with Crippen LogP contribution in [-0.4, -0.2) is 62.1 Å². The minimum atomic E-state index is 0. The number of halogens is 1. The summed E-state index contributed by atoms with van der Waals surface area (Å²) in [6.45, 7) is 6.33. The molecule has 7 heteroatoms. The van der Waals surface area contributed by atoms with Gasteiger partial charge in [-0.15, -0.1) is 24.0 Å². The van der Waals surface area contributed by atoms with Gasteiger partial charge in [0.05, 0.1) is 0 Å². The van der Waals surface area contributed by atoms with Crippen LogP contribution in [0.2, 0.25) is 0 Å². The van der Waals surface area contributed by atoms with Crippen molar-refractivity contribution in [2.75, 3.05) is 44.2 Å². The number of aliphatic imine (C=N–C) groups is 1. The number of hydrogen-bond donors (Lipinski definition) is 2. The molecule has 3 rings (SSSR count). The smallest absolute Gasteiger partial charge is 0.244 e. The average molecular weight is 457 g/mol. The van der Waals surface area contributed by atoms with E-state index < -0.39 is 0 Å². The zero-order valence-corrected chi connectivity index (χ0v) is 17.1. The lowest BCUT2D eigenvalue weighted by atomic mass is 10.2. The second-order valence-corrected chi connectivity index (χ2v) is 6.32. The van der Waals surface area contributed by atoms with Crippen LogP contribution < -0.4 is 15.5 Å². The third-order valence-electron chi connectivity index (χ3n) is 4.39. The zero-order valence-electron chi connectivity index (χ0n) is 14.8. The van der Waals surface area contributed by atoms with Crippen molar-refractivity contribution in [3.05, 3.63) is 30.3 Å². The van der Waals surface area contributed by atoms with E-state index >= 15 is 0 Å². The van der Waals surface area contributed by atoms with Crippen LogP contribution in [0.5, 0.6) is 0 Å². The molecule has 1 aliphatic carbocycles. The molecule has 1 heterocycles. The van der Waals surface area contributed by atoms with E-state index in [1.807, 2.05) is 17.9 Å². The number of benzene rings is 1. The Bertz CT molecular complexity index is 568.